The maximum Gasteiger partial charge on any atom is 0.345 e. The van der Waals surface area contributed by atoms with Gasteiger partial charge >= 0.3 is 5.63 Å². The van der Waals surface area contributed by atoms with Crippen LogP contribution in [0.2, 0.25) is 0 Å². The Labute approximate surface area is 192 Å². The minimum absolute atomic E-state index is 0.365. The minimum atomic E-state index is -0.365. The molecular weight excluding hydrogens is 414 g/mol. The van der Waals surface area contributed by atoms with Gasteiger partial charge in [0.25, 0.3) is 0 Å². The van der Waals surface area contributed by atoms with Crippen molar-refractivity contribution in [2.24, 2.45) is 11.8 Å². The van der Waals surface area contributed by atoms with Crippen molar-refractivity contribution in [1.82, 2.24) is 19.3 Å². The molecule has 0 N–H and O–H groups in total. The predicted molar refractivity (Wildman–Crippen MR) is 130 cm³/mol. The molecule has 2 aliphatic heterocycles. The first-order valence-corrected chi connectivity index (χ1v) is 11.8. The average Bonchev–Trinajstić information content (AvgIpc) is 3.45. The van der Waals surface area contributed by atoms with Gasteiger partial charge in [-0.2, -0.15) is 0 Å². The topological polar surface area (TPSA) is 66.9 Å². The lowest BCUT2D eigenvalue weighted by Crippen LogP contribution is -2.33. The van der Waals surface area contributed by atoms with Crippen LogP contribution in [0, 0.1) is 25.7 Å². The lowest BCUT2D eigenvalue weighted by molar-refractivity contribution is 0.258. The third-order valence-electron chi connectivity index (χ3n) is 7.33. The monoisotopic (exact) mass is 443 g/mol. The van der Waals surface area contributed by atoms with E-state index in [1.165, 1.54) is 13.1 Å². The molecule has 170 valence electrons. The summed E-state index contributed by atoms with van der Waals surface area (Å²) in [6.07, 6.45) is 3.78. The number of nitrogens with zero attached hydrogens (tertiary/aromatic N) is 5. The molecule has 1 aromatic carbocycles. The number of anilines is 1. The second-order valence-corrected chi connectivity index (χ2v) is 9.97. The Morgan fingerprint density at radius 2 is 1.76 bits per heavy atom. The second kappa shape index (κ2) is 7.42. The molecule has 7 heteroatoms. The highest BCUT2D eigenvalue weighted by molar-refractivity contribution is 5.84. The first-order valence-electron chi connectivity index (χ1n) is 11.8. The summed E-state index contributed by atoms with van der Waals surface area (Å²) >= 11 is 0. The van der Waals surface area contributed by atoms with Crippen molar-refractivity contribution >= 4 is 22.3 Å². The zero-order valence-corrected chi connectivity index (χ0v) is 19.6. The summed E-state index contributed by atoms with van der Waals surface area (Å²) in [4.78, 5) is 27.1. The molecule has 5 heterocycles. The number of aromatic nitrogens is 3. The Morgan fingerprint density at radius 3 is 2.48 bits per heavy atom. The molecule has 2 atom stereocenters. The van der Waals surface area contributed by atoms with Gasteiger partial charge in [0.1, 0.15) is 5.58 Å². The van der Waals surface area contributed by atoms with E-state index in [-0.39, 0.29) is 5.63 Å². The summed E-state index contributed by atoms with van der Waals surface area (Å²) in [6.45, 7) is 12.9. The molecule has 2 saturated heterocycles. The normalized spacial score (nSPS) is 21.1. The van der Waals surface area contributed by atoms with E-state index in [9.17, 15) is 4.79 Å². The van der Waals surface area contributed by atoms with Gasteiger partial charge in [0.2, 0.25) is 0 Å². The van der Waals surface area contributed by atoms with Gasteiger partial charge in [-0.25, -0.2) is 9.78 Å². The molecule has 0 unspecified atom stereocenters. The molecule has 7 nitrogen and oxygen atoms in total. The Bertz CT molecular complexity index is 1420. The fourth-order valence-corrected chi connectivity index (χ4v) is 5.57. The van der Waals surface area contributed by atoms with Gasteiger partial charge in [-0.15, -0.1) is 0 Å². The van der Waals surface area contributed by atoms with Crippen LogP contribution in [0.15, 0.2) is 45.9 Å². The third-order valence-corrected chi connectivity index (χ3v) is 7.33. The first-order chi connectivity index (χ1) is 15.9. The second-order valence-electron chi connectivity index (χ2n) is 9.97. The number of hydrogen-bond acceptors (Lipinski definition) is 6. The summed E-state index contributed by atoms with van der Waals surface area (Å²) in [5.74, 6) is 1.43. The van der Waals surface area contributed by atoms with E-state index in [0.717, 1.165) is 41.2 Å². The molecule has 0 bridgehead atoms. The van der Waals surface area contributed by atoms with Gasteiger partial charge in [-0.3, -0.25) is 4.98 Å². The number of hydrogen-bond donors (Lipinski definition) is 0. The highest BCUT2D eigenvalue weighted by Gasteiger charge is 2.40. The number of benzene rings is 1. The van der Waals surface area contributed by atoms with Crippen molar-refractivity contribution < 1.29 is 4.42 Å². The number of fused-ring (bicyclic) bond motifs is 3. The lowest BCUT2D eigenvalue weighted by Gasteiger charge is -2.25. The number of rotatable bonds is 3. The highest BCUT2D eigenvalue weighted by Crippen LogP contribution is 2.35. The zero-order chi connectivity index (χ0) is 22.9. The largest absolute Gasteiger partial charge is 0.422 e. The fourth-order valence-electron chi connectivity index (χ4n) is 5.57. The molecule has 2 fully saturated rings. The average molecular weight is 444 g/mol. The van der Waals surface area contributed by atoms with Crippen molar-refractivity contribution in [2.75, 3.05) is 31.1 Å². The first kappa shape index (κ1) is 20.4. The van der Waals surface area contributed by atoms with Crippen LogP contribution in [-0.2, 0) is 0 Å². The quantitative estimate of drug-likeness (QED) is 0.448. The highest BCUT2D eigenvalue weighted by atomic mass is 16.4. The van der Waals surface area contributed by atoms with Crippen molar-refractivity contribution in [1.29, 1.82) is 0 Å². The molecule has 0 spiro atoms. The maximum atomic E-state index is 12.9. The SMILES string of the molecule is Cc1cn2cc(-c3cc4ccc(N5C[C@@H]6CN(C(C)C)C[C@@H]6C5)cc4oc3=O)nc2c(C)n1. The lowest BCUT2D eigenvalue weighted by atomic mass is 10.0. The van der Waals surface area contributed by atoms with Gasteiger partial charge in [0, 0.05) is 61.8 Å². The van der Waals surface area contributed by atoms with Crippen molar-refractivity contribution in [3.8, 4) is 11.3 Å². The van der Waals surface area contributed by atoms with Crippen LogP contribution >= 0.6 is 0 Å². The van der Waals surface area contributed by atoms with E-state index < -0.39 is 0 Å². The van der Waals surface area contributed by atoms with Crippen LogP contribution in [0.1, 0.15) is 25.2 Å². The number of aryl methyl sites for hydroxylation is 2. The smallest absolute Gasteiger partial charge is 0.345 e. The van der Waals surface area contributed by atoms with Crippen molar-refractivity contribution in [2.45, 2.75) is 33.7 Å². The summed E-state index contributed by atoms with van der Waals surface area (Å²) in [7, 11) is 0. The minimum Gasteiger partial charge on any atom is -0.422 e. The van der Waals surface area contributed by atoms with Crippen LogP contribution in [0.4, 0.5) is 5.69 Å². The molecule has 3 aromatic heterocycles. The molecule has 6 rings (SSSR count). The molecular formula is C26H29N5O2. The number of likely N-dealkylation sites (tertiary alicyclic amines) is 1. The Hall–Kier alpha value is -3.19. The van der Waals surface area contributed by atoms with E-state index in [1.807, 2.05) is 42.8 Å². The third kappa shape index (κ3) is 3.42. The molecule has 0 saturated carbocycles. The summed E-state index contributed by atoms with van der Waals surface area (Å²) in [5, 5.41) is 0.904. The van der Waals surface area contributed by atoms with Gasteiger partial charge < -0.3 is 18.6 Å². The standard InChI is InChI=1S/C26H29N5O2/c1-15(2)29-10-19-12-30(13-20(19)11-29)21-6-5-18-7-22(26(32)33-24(18)8-21)23-14-31-9-16(3)27-17(4)25(31)28-23/h5-9,14-15,19-20H,10-13H2,1-4H3/t19-,20+. The van der Waals surface area contributed by atoms with E-state index in [2.05, 4.69) is 45.7 Å². The molecule has 2 aliphatic rings. The Kier molecular flexibility index (Phi) is 4.59. The van der Waals surface area contributed by atoms with Gasteiger partial charge in [-0.1, -0.05) is 0 Å². The van der Waals surface area contributed by atoms with Gasteiger partial charge in [0.15, 0.2) is 5.65 Å². The van der Waals surface area contributed by atoms with Crippen molar-refractivity contribution in [3.63, 3.8) is 0 Å². The van der Waals surface area contributed by atoms with Crippen molar-refractivity contribution in [3.05, 3.63) is 58.5 Å². The molecule has 0 radical (unpaired) electrons. The summed E-state index contributed by atoms with van der Waals surface area (Å²) in [5.41, 5.74) is 4.96. The van der Waals surface area contributed by atoms with E-state index in [0.29, 0.717) is 34.7 Å². The van der Waals surface area contributed by atoms with E-state index >= 15 is 0 Å². The Balaban J connectivity index is 1.31. The fraction of sp³-hybridized carbons (Fsp3) is 0.423. The molecule has 4 aromatic rings. The number of imidazole rings is 1. The summed E-state index contributed by atoms with van der Waals surface area (Å²) in [6, 6.07) is 8.72. The van der Waals surface area contributed by atoms with E-state index in [4.69, 9.17) is 4.42 Å². The van der Waals surface area contributed by atoms with Crippen LogP contribution in [0.25, 0.3) is 27.9 Å². The van der Waals surface area contributed by atoms with Crippen LogP contribution in [0.3, 0.4) is 0 Å². The Morgan fingerprint density at radius 1 is 1.00 bits per heavy atom. The summed E-state index contributed by atoms with van der Waals surface area (Å²) < 4.78 is 7.71. The molecule has 0 aliphatic carbocycles. The molecule has 33 heavy (non-hydrogen) atoms. The van der Waals surface area contributed by atoms with Crippen LogP contribution in [-0.4, -0.2) is 51.5 Å². The van der Waals surface area contributed by atoms with Gasteiger partial charge in [-0.05, 0) is 57.7 Å². The van der Waals surface area contributed by atoms with Gasteiger partial charge in [0.05, 0.1) is 22.6 Å². The maximum absolute atomic E-state index is 12.9. The zero-order valence-electron chi connectivity index (χ0n) is 19.6. The van der Waals surface area contributed by atoms with Crippen LogP contribution in [0.5, 0.6) is 0 Å². The predicted octanol–water partition coefficient (Wildman–Crippen LogP) is 3.90. The van der Waals surface area contributed by atoms with Crippen LogP contribution < -0.4 is 10.5 Å². The van der Waals surface area contributed by atoms with E-state index in [1.54, 1.807) is 0 Å². The molecule has 0 amide bonds.